The van der Waals surface area contributed by atoms with Crippen molar-refractivity contribution in [2.45, 2.75) is 0 Å². The Hall–Kier alpha value is -2.69. The Labute approximate surface area is 116 Å². The van der Waals surface area contributed by atoms with Gasteiger partial charge in [-0.05, 0) is 24.3 Å². The SMILES string of the molecule is COC(=O)c1cccc(NC(=O)c2ccc[n+](C)c2)c1. The number of ether oxygens (including phenoxy) is 1. The molecule has 0 bridgehead atoms. The molecule has 5 nitrogen and oxygen atoms in total. The highest BCUT2D eigenvalue weighted by atomic mass is 16.5. The molecule has 1 aromatic heterocycles. The molecule has 102 valence electrons. The first-order chi connectivity index (χ1) is 9.60. The summed E-state index contributed by atoms with van der Waals surface area (Å²) in [7, 11) is 3.16. The molecule has 0 fully saturated rings. The van der Waals surface area contributed by atoms with Gasteiger partial charge >= 0.3 is 5.97 Å². The van der Waals surface area contributed by atoms with E-state index in [4.69, 9.17) is 0 Å². The van der Waals surface area contributed by atoms with E-state index in [1.165, 1.54) is 7.11 Å². The van der Waals surface area contributed by atoms with Crippen LogP contribution in [0.15, 0.2) is 48.8 Å². The minimum Gasteiger partial charge on any atom is -0.465 e. The molecular formula is C15H15N2O3+. The standard InChI is InChI=1S/C15H14N2O3/c1-17-8-4-6-12(10-17)14(18)16-13-7-3-5-11(9-13)15(19)20-2/h3-10H,1-2H3/p+1. The Kier molecular flexibility index (Phi) is 4.10. The first-order valence-corrected chi connectivity index (χ1v) is 6.05. The number of pyridine rings is 1. The molecule has 1 amide bonds. The number of esters is 1. The maximum Gasteiger partial charge on any atom is 0.337 e. The fourth-order valence-electron chi connectivity index (χ4n) is 1.77. The van der Waals surface area contributed by atoms with Crippen LogP contribution >= 0.6 is 0 Å². The number of nitrogens with zero attached hydrogens (tertiary/aromatic N) is 1. The van der Waals surface area contributed by atoms with Gasteiger partial charge in [-0.15, -0.1) is 0 Å². The van der Waals surface area contributed by atoms with Crippen molar-refractivity contribution in [3.63, 3.8) is 0 Å². The molecule has 1 aromatic carbocycles. The number of hydrogen-bond acceptors (Lipinski definition) is 3. The molecule has 0 aliphatic carbocycles. The third kappa shape index (κ3) is 3.20. The van der Waals surface area contributed by atoms with Crippen molar-refractivity contribution in [3.8, 4) is 0 Å². The highest BCUT2D eigenvalue weighted by Gasteiger charge is 2.11. The van der Waals surface area contributed by atoms with E-state index in [-0.39, 0.29) is 5.91 Å². The quantitative estimate of drug-likeness (QED) is 0.680. The van der Waals surface area contributed by atoms with E-state index in [9.17, 15) is 9.59 Å². The number of aryl methyl sites for hydroxylation is 1. The molecule has 1 N–H and O–H groups in total. The number of benzene rings is 1. The predicted molar refractivity (Wildman–Crippen MR) is 73.4 cm³/mol. The Balaban J connectivity index is 2.18. The number of aromatic nitrogens is 1. The van der Waals surface area contributed by atoms with E-state index in [0.29, 0.717) is 16.8 Å². The van der Waals surface area contributed by atoms with Gasteiger partial charge in [0.2, 0.25) is 0 Å². The van der Waals surface area contributed by atoms with Gasteiger partial charge in [0.1, 0.15) is 12.6 Å². The summed E-state index contributed by atoms with van der Waals surface area (Å²) in [6.45, 7) is 0. The van der Waals surface area contributed by atoms with Crippen LogP contribution in [-0.2, 0) is 11.8 Å². The van der Waals surface area contributed by atoms with Crippen LogP contribution in [0.1, 0.15) is 20.7 Å². The Morgan fingerprint density at radius 1 is 1.15 bits per heavy atom. The molecule has 0 saturated carbocycles. The van der Waals surface area contributed by atoms with Gasteiger partial charge in [0.05, 0.1) is 12.7 Å². The van der Waals surface area contributed by atoms with Crippen molar-refractivity contribution >= 4 is 17.6 Å². The number of carbonyl (C=O) groups is 2. The molecule has 0 spiro atoms. The second kappa shape index (κ2) is 5.97. The zero-order chi connectivity index (χ0) is 14.5. The molecule has 5 heteroatoms. The summed E-state index contributed by atoms with van der Waals surface area (Å²) in [4.78, 5) is 23.5. The van der Waals surface area contributed by atoms with E-state index < -0.39 is 5.97 Å². The molecule has 0 radical (unpaired) electrons. The minimum absolute atomic E-state index is 0.233. The lowest BCUT2D eigenvalue weighted by Gasteiger charge is -2.06. The van der Waals surface area contributed by atoms with Crippen LogP contribution in [-0.4, -0.2) is 19.0 Å². The molecule has 0 unspecified atom stereocenters. The number of rotatable bonds is 3. The molecule has 0 aliphatic heterocycles. The van der Waals surface area contributed by atoms with Crippen molar-refractivity contribution < 1.29 is 18.9 Å². The van der Waals surface area contributed by atoms with Crippen LogP contribution in [0.3, 0.4) is 0 Å². The molecule has 2 aromatic rings. The molecule has 20 heavy (non-hydrogen) atoms. The summed E-state index contributed by atoms with van der Waals surface area (Å²) in [5.74, 6) is -0.671. The van der Waals surface area contributed by atoms with Gasteiger partial charge in [-0.3, -0.25) is 4.79 Å². The molecule has 0 saturated heterocycles. The molecule has 0 aliphatic rings. The number of nitrogens with one attached hydrogen (secondary N) is 1. The maximum atomic E-state index is 12.1. The average Bonchev–Trinajstić information content (AvgIpc) is 2.46. The Bertz CT molecular complexity index is 653. The van der Waals surface area contributed by atoms with Crippen LogP contribution < -0.4 is 9.88 Å². The summed E-state index contributed by atoms with van der Waals surface area (Å²) in [5, 5.41) is 2.74. The van der Waals surface area contributed by atoms with Crippen molar-refractivity contribution in [1.82, 2.24) is 0 Å². The fourth-order valence-corrected chi connectivity index (χ4v) is 1.77. The Morgan fingerprint density at radius 3 is 2.60 bits per heavy atom. The third-order valence-corrected chi connectivity index (χ3v) is 2.74. The Morgan fingerprint density at radius 2 is 1.90 bits per heavy atom. The normalized spacial score (nSPS) is 9.90. The highest BCUT2D eigenvalue weighted by Crippen LogP contribution is 2.12. The smallest absolute Gasteiger partial charge is 0.337 e. The zero-order valence-electron chi connectivity index (χ0n) is 11.3. The molecular weight excluding hydrogens is 256 g/mol. The van der Waals surface area contributed by atoms with E-state index in [1.807, 2.05) is 13.2 Å². The van der Waals surface area contributed by atoms with Gasteiger partial charge in [0.15, 0.2) is 12.4 Å². The summed E-state index contributed by atoms with van der Waals surface area (Å²) in [5.41, 5.74) is 1.48. The number of carbonyl (C=O) groups excluding carboxylic acids is 2. The monoisotopic (exact) mass is 271 g/mol. The minimum atomic E-state index is -0.438. The number of anilines is 1. The van der Waals surface area contributed by atoms with Crippen molar-refractivity contribution in [2.75, 3.05) is 12.4 Å². The summed E-state index contributed by atoms with van der Waals surface area (Å²) < 4.78 is 6.43. The number of amides is 1. The first kappa shape index (κ1) is 13.7. The predicted octanol–water partition coefficient (Wildman–Crippen LogP) is 1.55. The molecule has 0 atom stereocenters. The van der Waals surface area contributed by atoms with Gasteiger partial charge in [-0.2, -0.15) is 0 Å². The van der Waals surface area contributed by atoms with Crippen LogP contribution in [0.4, 0.5) is 5.69 Å². The lowest BCUT2D eigenvalue weighted by atomic mass is 10.2. The van der Waals surface area contributed by atoms with E-state index in [1.54, 1.807) is 47.2 Å². The van der Waals surface area contributed by atoms with Crippen molar-refractivity contribution in [1.29, 1.82) is 0 Å². The average molecular weight is 271 g/mol. The van der Waals surface area contributed by atoms with Crippen molar-refractivity contribution in [2.24, 2.45) is 7.05 Å². The summed E-state index contributed by atoms with van der Waals surface area (Å²) in [6, 6.07) is 10.1. The van der Waals surface area contributed by atoms with Crippen LogP contribution in [0.2, 0.25) is 0 Å². The fraction of sp³-hybridized carbons (Fsp3) is 0.133. The number of methoxy groups -OCH3 is 1. The maximum absolute atomic E-state index is 12.1. The van der Waals surface area contributed by atoms with E-state index >= 15 is 0 Å². The first-order valence-electron chi connectivity index (χ1n) is 6.05. The second-order valence-corrected chi connectivity index (χ2v) is 4.28. The second-order valence-electron chi connectivity index (χ2n) is 4.28. The van der Waals surface area contributed by atoms with Crippen LogP contribution in [0.25, 0.3) is 0 Å². The molecule has 1 heterocycles. The molecule has 2 rings (SSSR count). The number of hydrogen-bond donors (Lipinski definition) is 1. The summed E-state index contributed by atoms with van der Waals surface area (Å²) >= 11 is 0. The van der Waals surface area contributed by atoms with E-state index in [0.717, 1.165) is 0 Å². The van der Waals surface area contributed by atoms with E-state index in [2.05, 4.69) is 10.1 Å². The lowest BCUT2D eigenvalue weighted by molar-refractivity contribution is -0.671. The van der Waals surface area contributed by atoms with Gasteiger partial charge < -0.3 is 10.1 Å². The van der Waals surface area contributed by atoms with Gasteiger partial charge in [-0.25, -0.2) is 9.36 Å². The summed E-state index contributed by atoms with van der Waals surface area (Å²) in [6.07, 6.45) is 3.56. The lowest BCUT2D eigenvalue weighted by Crippen LogP contribution is -2.28. The van der Waals surface area contributed by atoms with Crippen molar-refractivity contribution in [3.05, 3.63) is 59.9 Å². The van der Waals surface area contributed by atoms with Gasteiger partial charge in [0, 0.05) is 11.8 Å². The van der Waals surface area contributed by atoms with Crippen LogP contribution in [0.5, 0.6) is 0 Å². The van der Waals surface area contributed by atoms with Gasteiger partial charge in [-0.1, -0.05) is 6.07 Å². The highest BCUT2D eigenvalue weighted by molar-refractivity contribution is 6.04. The largest absolute Gasteiger partial charge is 0.465 e. The third-order valence-electron chi connectivity index (χ3n) is 2.74. The van der Waals surface area contributed by atoms with Gasteiger partial charge in [0.25, 0.3) is 5.91 Å². The topological polar surface area (TPSA) is 59.3 Å². The van der Waals surface area contributed by atoms with Crippen LogP contribution in [0, 0.1) is 0 Å². The zero-order valence-corrected chi connectivity index (χ0v) is 11.3.